The van der Waals surface area contributed by atoms with Gasteiger partial charge >= 0.3 is 0 Å². The van der Waals surface area contributed by atoms with E-state index in [4.69, 9.17) is 19.9 Å². The highest BCUT2D eigenvalue weighted by atomic mass is 79.9. The maximum Gasteiger partial charge on any atom is 0.163 e. The first-order valence-corrected chi connectivity index (χ1v) is 7.45. The first-order chi connectivity index (χ1) is 9.63. The number of methoxy groups -OCH3 is 1. The predicted octanol–water partition coefficient (Wildman–Crippen LogP) is 2.01. The minimum Gasteiger partial charge on any atom is -0.383 e. The summed E-state index contributed by atoms with van der Waals surface area (Å²) in [7, 11) is 1.62. The van der Waals surface area contributed by atoms with E-state index < -0.39 is 5.60 Å². The third-order valence-electron chi connectivity index (χ3n) is 3.36. The van der Waals surface area contributed by atoms with Gasteiger partial charge in [0.15, 0.2) is 5.82 Å². The first kappa shape index (κ1) is 15.6. The highest BCUT2D eigenvalue weighted by Crippen LogP contribution is 2.36. The monoisotopic (exact) mass is 345 g/mol. The Morgan fingerprint density at radius 1 is 1.35 bits per heavy atom. The topological polar surface area (TPSA) is 79.5 Å². The number of hydrogen-bond donors (Lipinski definition) is 1. The molecule has 0 aromatic carbocycles. The molecule has 1 aromatic rings. The van der Waals surface area contributed by atoms with E-state index in [-0.39, 0.29) is 0 Å². The van der Waals surface area contributed by atoms with Crippen LogP contribution in [-0.2, 0) is 26.4 Å². The van der Waals surface area contributed by atoms with Gasteiger partial charge in [0.1, 0.15) is 11.4 Å². The first-order valence-electron chi connectivity index (χ1n) is 6.66. The van der Waals surface area contributed by atoms with Crippen LogP contribution in [0.5, 0.6) is 0 Å². The fourth-order valence-electron chi connectivity index (χ4n) is 2.36. The maximum atomic E-state index is 5.97. The van der Waals surface area contributed by atoms with Crippen LogP contribution in [0.3, 0.4) is 0 Å². The molecule has 0 unspecified atom stereocenters. The second-order valence-corrected chi connectivity index (χ2v) is 5.46. The van der Waals surface area contributed by atoms with Crippen molar-refractivity contribution < 1.29 is 14.2 Å². The van der Waals surface area contributed by atoms with E-state index in [1.165, 1.54) is 0 Å². The van der Waals surface area contributed by atoms with Crippen LogP contribution in [0.2, 0.25) is 0 Å². The number of nitrogens with two attached hydrogens (primary N) is 1. The number of ether oxygens (including phenoxy) is 3. The molecule has 112 valence electrons. The molecule has 6 nitrogen and oxygen atoms in total. The zero-order valence-corrected chi connectivity index (χ0v) is 13.4. The Hall–Kier alpha value is -0.760. The van der Waals surface area contributed by atoms with Gasteiger partial charge in [-0.15, -0.1) is 0 Å². The lowest BCUT2D eigenvalue weighted by molar-refractivity contribution is -0.118. The predicted molar refractivity (Wildman–Crippen MR) is 78.2 cm³/mol. The molecule has 0 radical (unpaired) electrons. The van der Waals surface area contributed by atoms with Crippen molar-refractivity contribution in [1.29, 1.82) is 0 Å². The van der Waals surface area contributed by atoms with Crippen molar-refractivity contribution in [3.63, 3.8) is 0 Å². The van der Waals surface area contributed by atoms with E-state index in [2.05, 4.69) is 25.9 Å². The van der Waals surface area contributed by atoms with Crippen molar-refractivity contribution in [3.8, 4) is 0 Å². The van der Waals surface area contributed by atoms with Gasteiger partial charge in [0.2, 0.25) is 0 Å². The Bertz CT molecular complexity index is 459. The van der Waals surface area contributed by atoms with Crippen molar-refractivity contribution in [2.24, 2.45) is 0 Å². The molecule has 0 bridgehead atoms. The van der Waals surface area contributed by atoms with E-state index in [1.807, 2.05) is 6.92 Å². The molecule has 1 saturated heterocycles. The van der Waals surface area contributed by atoms with Gasteiger partial charge in [-0.2, -0.15) is 0 Å². The molecule has 7 heteroatoms. The number of hydrogen-bond acceptors (Lipinski definition) is 6. The van der Waals surface area contributed by atoms with Crippen LogP contribution in [0.15, 0.2) is 4.47 Å². The third kappa shape index (κ3) is 3.11. The summed E-state index contributed by atoms with van der Waals surface area (Å²) in [4.78, 5) is 9.01. The summed E-state index contributed by atoms with van der Waals surface area (Å²) < 4.78 is 17.2. The Labute approximate surface area is 127 Å². The van der Waals surface area contributed by atoms with Gasteiger partial charge in [0, 0.05) is 39.8 Å². The van der Waals surface area contributed by atoms with Crippen LogP contribution in [0.1, 0.15) is 31.3 Å². The second kappa shape index (κ2) is 6.80. The molecule has 2 rings (SSSR count). The van der Waals surface area contributed by atoms with Crippen molar-refractivity contribution in [2.75, 3.05) is 32.7 Å². The molecule has 1 aliphatic rings. The number of anilines is 1. The molecule has 1 fully saturated rings. The molecule has 0 aliphatic carbocycles. The summed E-state index contributed by atoms with van der Waals surface area (Å²) in [6.45, 7) is 4.21. The van der Waals surface area contributed by atoms with Gasteiger partial charge in [0.05, 0.1) is 16.8 Å². The second-order valence-electron chi connectivity index (χ2n) is 4.67. The van der Waals surface area contributed by atoms with Crippen LogP contribution in [0, 0.1) is 0 Å². The quantitative estimate of drug-likeness (QED) is 0.879. The van der Waals surface area contributed by atoms with Crippen LogP contribution < -0.4 is 5.73 Å². The van der Waals surface area contributed by atoms with E-state index in [0.29, 0.717) is 42.5 Å². The Morgan fingerprint density at radius 2 is 2.05 bits per heavy atom. The van der Waals surface area contributed by atoms with E-state index in [9.17, 15) is 0 Å². The summed E-state index contributed by atoms with van der Waals surface area (Å²) in [5.74, 6) is 1.03. The molecule has 20 heavy (non-hydrogen) atoms. The fraction of sp³-hybridized carbons (Fsp3) is 0.692. The van der Waals surface area contributed by atoms with Crippen molar-refractivity contribution >= 4 is 21.7 Å². The summed E-state index contributed by atoms with van der Waals surface area (Å²) in [5, 5.41) is 0. The van der Waals surface area contributed by atoms with Gasteiger partial charge in [-0.3, -0.25) is 0 Å². The zero-order chi connectivity index (χ0) is 14.6. The van der Waals surface area contributed by atoms with Crippen molar-refractivity contribution in [3.05, 3.63) is 16.0 Å². The third-order valence-corrected chi connectivity index (χ3v) is 4.22. The molecule has 2 N–H and O–H groups in total. The lowest BCUT2D eigenvalue weighted by atomic mass is 9.92. The van der Waals surface area contributed by atoms with Gasteiger partial charge in [-0.1, -0.05) is 0 Å². The normalized spacial score (nSPS) is 18.1. The summed E-state index contributed by atoms with van der Waals surface area (Å²) in [5.41, 5.74) is 6.20. The molecule has 2 heterocycles. The Morgan fingerprint density at radius 3 is 2.65 bits per heavy atom. The average molecular weight is 346 g/mol. The smallest absolute Gasteiger partial charge is 0.163 e. The fourth-order valence-corrected chi connectivity index (χ4v) is 2.65. The molecular formula is C13H20BrN3O3. The number of rotatable bonds is 5. The van der Waals surface area contributed by atoms with Gasteiger partial charge < -0.3 is 19.9 Å². The van der Waals surface area contributed by atoms with Crippen LogP contribution in [-0.4, -0.2) is 36.9 Å². The summed E-state index contributed by atoms with van der Waals surface area (Å²) >= 11 is 3.40. The van der Waals surface area contributed by atoms with Crippen LogP contribution >= 0.6 is 15.9 Å². The molecule has 0 amide bonds. The van der Waals surface area contributed by atoms with Crippen LogP contribution in [0.4, 0.5) is 5.82 Å². The Balaban J connectivity index is 2.42. The number of halogens is 1. The standard InChI is InChI=1S/C13H20BrN3O3/c1-3-20-13(4-6-19-7-5-13)12-16-9(8-18-2)10(14)11(15)17-12/h3-8H2,1-2H3,(H2,15,16,17). The molecule has 1 aromatic heterocycles. The SMILES string of the molecule is CCOC1(c2nc(N)c(Br)c(COC)n2)CCOCC1. The lowest BCUT2D eigenvalue weighted by Crippen LogP contribution is -2.38. The molecular weight excluding hydrogens is 326 g/mol. The lowest BCUT2D eigenvalue weighted by Gasteiger charge is -2.35. The highest BCUT2D eigenvalue weighted by molar-refractivity contribution is 9.10. The van der Waals surface area contributed by atoms with Crippen molar-refractivity contribution in [2.45, 2.75) is 32.0 Å². The number of nitrogen functional groups attached to an aromatic ring is 1. The average Bonchev–Trinajstić information content (AvgIpc) is 2.45. The van der Waals surface area contributed by atoms with Gasteiger partial charge in [-0.25, -0.2) is 9.97 Å². The van der Waals surface area contributed by atoms with Crippen molar-refractivity contribution in [1.82, 2.24) is 9.97 Å². The number of nitrogens with zero attached hydrogens (tertiary/aromatic N) is 2. The summed E-state index contributed by atoms with van der Waals surface area (Å²) in [6, 6.07) is 0. The van der Waals surface area contributed by atoms with E-state index in [0.717, 1.165) is 18.5 Å². The number of aromatic nitrogens is 2. The molecule has 1 aliphatic heterocycles. The van der Waals surface area contributed by atoms with Gasteiger partial charge in [-0.05, 0) is 22.9 Å². The molecule has 0 spiro atoms. The van der Waals surface area contributed by atoms with Crippen LogP contribution in [0.25, 0.3) is 0 Å². The minimum atomic E-state index is -0.510. The molecule has 0 saturated carbocycles. The maximum absolute atomic E-state index is 5.97. The van der Waals surface area contributed by atoms with Gasteiger partial charge in [0.25, 0.3) is 0 Å². The zero-order valence-electron chi connectivity index (χ0n) is 11.8. The van der Waals surface area contributed by atoms with E-state index >= 15 is 0 Å². The molecule has 0 atom stereocenters. The summed E-state index contributed by atoms with van der Waals surface area (Å²) in [6.07, 6.45) is 1.46. The largest absolute Gasteiger partial charge is 0.383 e. The highest BCUT2D eigenvalue weighted by Gasteiger charge is 2.39. The minimum absolute atomic E-state index is 0.374. The Kier molecular flexibility index (Phi) is 5.31. The van der Waals surface area contributed by atoms with E-state index in [1.54, 1.807) is 7.11 Å².